The van der Waals surface area contributed by atoms with Gasteiger partial charge in [-0.15, -0.1) is 0 Å². The van der Waals surface area contributed by atoms with Crippen molar-refractivity contribution >= 4 is 11.8 Å². The Hall–Kier alpha value is -2.89. The van der Waals surface area contributed by atoms with Gasteiger partial charge in [0.25, 0.3) is 0 Å². The molecule has 6 heteroatoms. The number of ketones is 1. The number of aromatic hydroxyl groups is 2. The Morgan fingerprint density at radius 1 is 1.17 bits per heavy atom. The van der Waals surface area contributed by atoms with Gasteiger partial charge in [0.1, 0.15) is 17.3 Å². The number of hydrogen-bond acceptors (Lipinski definition) is 5. The highest BCUT2D eigenvalue weighted by Crippen LogP contribution is 2.35. The zero-order valence-electron chi connectivity index (χ0n) is 13.2. The van der Waals surface area contributed by atoms with Crippen LogP contribution in [0.25, 0.3) is 0 Å². The van der Waals surface area contributed by atoms with Gasteiger partial charge in [-0.25, -0.2) is 4.39 Å². The third kappa shape index (κ3) is 3.37. The van der Waals surface area contributed by atoms with Crippen LogP contribution >= 0.6 is 0 Å². The van der Waals surface area contributed by atoms with Gasteiger partial charge in [-0.05, 0) is 42.3 Å². The van der Waals surface area contributed by atoms with E-state index in [0.717, 1.165) is 18.2 Å². The molecule has 24 heavy (non-hydrogen) atoms. The number of methoxy groups -OCH3 is 1. The number of hydrogen-bond donors (Lipinski definition) is 2. The van der Waals surface area contributed by atoms with E-state index in [2.05, 4.69) is 0 Å². The molecule has 2 rings (SSSR count). The van der Waals surface area contributed by atoms with Crippen LogP contribution in [0.3, 0.4) is 0 Å². The minimum Gasteiger partial charge on any atom is -0.508 e. The molecule has 126 valence electrons. The number of esters is 1. The number of carbonyl (C=O) groups excluding carboxylic acids is 2. The molecule has 1 atom stereocenters. The maximum Gasteiger partial charge on any atom is 0.313 e. The molecule has 0 amide bonds. The van der Waals surface area contributed by atoms with Gasteiger partial charge in [0, 0.05) is 11.6 Å². The number of phenols is 2. The van der Waals surface area contributed by atoms with Crippen molar-refractivity contribution in [1.29, 1.82) is 0 Å². The first-order chi connectivity index (χ1) is 11.4. The lowest BCUT2D eigenvalue weighted by atomic mass is 9.87. The van der Waals surface area contributed by atoms with Crippen molar-refractivity contribution in [3.63, 3.8) is 0 Å². The summed E-state index contributed by atoms with van der Waals surface area (Å²) >= 11 is 0. The number of benzene rings is 2. The topological polar surface area (TPSA) is 83.8 Å². The zero-order chi connectivity index (χ0) is 17.9. The summed E-state index contributed by atoms with van der Waals surface area (Å²) in [5.41, 5.74) is 0.200. The molecular formula is C18H17FO5. The molecule has 0 heterocycles. The monoisotopic (exact) mass is 332 g/mol. The van der Waals surface area contributed by atoms with Crippen molar-refractivity contribution < 1.29 is 28.9 Å². The van der Waals surface area contributed by atoms with Crippen molar-refractivity contribution in [2.45, 2.75) is 19.3 Å². The summed E-state index contributed by atoms with van der Waals surface area (Å²) in [4.78, 5) is 24.7. The van der Waals surface area contributed by atoms with E-state index < -0.39 is 29.2 Å². The number of phenolic OH excluding ortho intramolecular Hbond substituents is 2. The molecule has 0 aromatic heterocycles. The van der Waals surface area contributed by atoms with E-state index in [9.17, 15) is 24.2 Å². The molecule has 0 bridgehead atoms. The molecule has 0 aliphatic carbocycles. The maximum atomic E-state index is 13.0. The molecule has 0 spiro atoms. The number of carbonyl (C=O) groups is 2. The van der Waals surface area contributed by atoms with Gasteiger partial charge >= 0.3 is 5.97 Å². The van der Waals surface area contributed by atoms with Crippen molar-refractivity contribution in [2.75, 3.05) is 7.11 Å². The fraction of sp³-hybridized carbons (Fsp3) is 0.222. The van der Waals surface area contributed by atoms with Gasteiger partial charge in [-0.1, -0.05) is 6.92 Å². The highest BCUT2D eigenvalue weighted by atomic mass is 19.1. The lowest BCUT2D eigenvalue weighted by Crippen LogP contribution is -2.17. The van der Waals surface area contributed by atoms with E-state index in [0.29, 0.717) is 6.42 Å². The van der Waals surface area contributed by atoms with Gasteiger partial charge in [0.15, 0.2) is 5.78 Å². The van der Waals surface area contributed by atoms with E-state index in [1.807, 2.05) is 0 Å². The molecule has 2 aromatic carbocycles. The molecule has 0 aliphatic heterocycles. The van der Waals surface area contributed by atoms with E-state index in [1.54, 1.807) is 6.92 Å². The average Bonchev–Trinajstić information content (AvgIpc) is 2.55. The molecule has 2 N–H and O–H groups in total. The SMILES string of the molecule is CCC(C(=O)OC)c1cc(O)cc(O)c1C(=O)c1ccc(F)cc1. The van der Waals surface area contributed by atoms with E-state index >= 15 is 0 Å². The quantitative estimate of drug-likeness (QED) is 0.649. The second-order valence-electron chi connectivity index (χ2n) is 5.25. The van der Waals surface area contributed by atoms with Crippen molar-refractivity contribution in [3.8, 4) is 11.5 Å². The second-order valence-corrected chi connectivity index (χ2v) is 5.25. The number of rotatable bonds is 5. The minimum absolute atomic E-state index is 0.114. The first-order valence-corrected chi connectivity index (χ1v) is 7.33. The largest absolute Gasteiger partial charge is 0.508 e. The lowest BCUT2D eigenvalue weighted by Gasteiger charge is -2.18. The summed E-state index contributed by atoms with van der Waals surface area (Å²) in [6.45, 7) is 1.72. The predicted molar refractivity (Wildman–Crippen MR) is 84.7 cm³/mol. The summed E-state index contributed by atoms with van der Waals surface area (Å²) in [5, 5.41) is 19.9. The number of ether oxygens (including phenoxy) is 1. The first kappa shape index (κ1) is 17.5. The van der Waals surface area contributed by atoms with Crippen LogP contribution in [-0.2, 0) is 9.53 Å². The minimum atomic E-state index is -0.826. The fourth-order valence-corrected chi connectivity index (χ4v) is 2.56. The van der Waals surface area contributed by atoms with Crippen LogP contribution in [0.2, 0.25) is 0 Å². The van der Waals surface area contributed by atoms with E-state index in [1.165, 1.54) is 25.3 Å². The molecule has 0 saturated carbocycles. The van der Waals surface area contributed by atoms with Crippen molar-refractivity contribution in [3.05, 3.63) is 58.9 Å². The second kappa shape index (κ2) is 7.12. The molecular weight excluding hydrogens is 315 g/mol. The summed E-state index contributed by atoms with van der Waals surface area (Å²) in [5.74, 6) is -3.22. The smallest absolute Gasteiger partial charge is 0.313 e. The van der Waals surface area contributed by atoms with Crippen LogP contribution in [0.1, 0.15) is 40.7 Å². The molecule has 5 nitrogen and oxygen atoms in total. The Kier molecular flexibility index (Phi) is 5.18. The van der Waals surface area contributed by atoms with Crippen LogP contribution in [0.5, 0.6) is 11.5 Å². The highest BCUT2D eigenvalue weighted by Gasteiger charge is 2.28. The van der Waals surface area contributed by atoms with Crippen LogP contribution in [0.15, 0.2) is 36.4 Å². The zero-order valence-corrected chi connectivity index (χ0v) is 13.2. The Balaban J connectivity index is 2.62. The molecule has 1 unspecified atom stereocenters. The van der Waals surface area contributed by atoms with Crippen LogP contribution in [-0.4, -0.2) is 29.1 Å². The Bertz CT molecular complexity index is 768. The molecule has 0 saturated heterocycles. The Morgan fingerprint density at radius 3 is 2.33 bits per heavy atom. The van der Waals surface area contributed by atoms with E-state index in [-0.39, 0.29) is 22.4 Å². The van der Waals surface area contributed by atoms with Gasteiger partial charge in [0.2, 0.25) is 0 Å². The normalized spacial score (nSPS) is 11.8. The van der Waals surface area contributed by atoms with Gasteiger partial charge in [-0.2, -0.15) is 0 Å². The third-order valence-electron chi connectivity index (χ3n) is 3.74. The summed E-state index contributed by atoms with van der Waals surface area (Å²) in [6.07, 6.45) is 0.305. The molecule has 0 fully saturated rings. The molecule has 0 aliphatic rings. The van der Waals surface area contributed by atoms with Gasteiger partial charge in [-0.3, -0.25) is 9.59 Å². The summed E-state index contributed by atoms with van der Waals surface area (Å²) in [7, 11) is 1.22. The average molecular weight is 332 g/mol. The maximum absolute atomic E-state index is 13.0. The van der Waals surface area contributed by atoms with Crippen molar-refractivity contribution in [2.24, 2.45) is 0 Å². The van der Waals surface area contributed by atoms with Crippen LogP contribution in [0, 0.1) is 5.82 Å². The van der Waals surface area contributed by atoms with Crippen molar-refractivity contribution in [1.82, 2.24) is 0 Å². The summed E-state index contributed by atoms with van der Waals surface area (Å²) in [6, 6.07) is 7.09. The molecule has 2 aromatic rings. The Labute approximate surface area is 138 Å². The molecule has 0 radical (unpaired) electrons. The van der Waals surface area contributed by atoms with E-state index in [4.69, 9.17) is 4.74 Å². The van der Waals surface area contributed by atoms with Crippen LogP contribution < -0.4 is 0 Å². The predicted octanol–water partition coefficient (Wildman–Crippen LogP) is 3.13. The fourth-order valence-electron chi connectivity index (χ4n) is 2.56. The standard InChI is InChI=1S/C18H17FO5/c1-3-13(18(23)24-2)14-8-12(20)9-15(21)16(14)17(22)10-4-6-11(19)7-5-10/h4-9,13,20-21H,3H2,1-2H3. The van der Waals surface area contributed by atoms with Gasteiger partial charge in [0.05, 0.1) is 18.6 Å². The summed E-state index contributed by atoms with van der Waals surface area (Å²) < 4.78 is 17.8. The van der Waals surface area contributed by atoms with Gasteiger partial charge < -0.3 is 14.9 Å². The highest BCUT2D eigenvalue weighted by molar-refractivity contribution is 6.12. The third-order valence-corrected chi connectivity index (χ3v) is 3.74. The number of halogens is 1. The first-order valence-electron chi connectivity index (χ1n) is 7.33. The Morgan fingerprint density at radius 2 is 1.79 bits per heavy atom. The van der Waals surface area contributed by atoms with Crippen LogP contribution in [0.4, 0.5) is 4.39 Å². The lowest BCUT2D eigenvalue weighted by molar-refractivity contribution is -0.142.